The number of Topliss-reactive ketones (excluding diaryl/α,β-unsaturated/α-hetero) is 1. The fraction of sp³-hybridized carbons (Fsp3) is 0.125. The van der Waals surface area contributed by atoms with Crippen LogP contribution in [0.15, 0.2) is 77.9 Å². The maximum Gasteiger partial charge on any atom is 0.194 e. The number of thiazole rings is 2. The smallest absolute Gasteiger partial charge is 0.194 e. The number of carbonyl (C=O) groups excluding carboxylic acids is 1. The highest BCUT2D eigenvalue weighted by atomic mass is 79.9. The first-order valence-electron chi connectivity index (χ1n) is 10.2. The van der Waals surface area contributed by atoms with Gasteiger partial charge < -0.3 is 10.8 Å². The second kappa shape index (κ2) is 15.1. The summed E-state index contributed by atoms with van der Waals surface area (Å²) < 4.78 is 27.0. The Kier molecular flexibility index (Phi) is 12.2. The molecule has 3 aromatic heterocycles. The van der Waals surface area contributed by atoms with Gasteiger partial charge in [-0.2, -0.15) is 0 Å². The molecule has 0 aliphatic heterocycles. The van der Waals surface area contributed by atoms with Crippen LogP contribution in [0, 0.1) is 11.6 Å². The van der Waals surface area contributed by atoms with Crippen molar-refractivity contribution in [2.45, 2.75) is 6.92 Å². The van der Waals surface area contributed by atoms with E-state index in [0.29, 0.717) is 10.7 Å². The summed E-state index contributed by atoms with van der Waals surface area (Å²) in [7, 11) is 0. The summed E-state index contributed by atoms with van der Waals surface area (Å²) in [5.41, 5.74) is 7.53. The third-order valence-corrected chi connectivity index (χ3v) is 5.86. The molecule has 0 aliphatic carbocycles. The molecular weight excluding hydrogens is 558 g/mol. The van der Waals surface area contributed by atoms with Crippen molar-refractivity contribution in [2.24, 2.45) is 0 Å². The molecule has 0 amide bonds. The van der Waals surface area contributed by atoms with Gasteiger partial charge in [-0.1, -0.05) is 15.9 Å². The van der Waals surface area contributed by atoms with Crippen molar-refractivity contribution < 1.29 is 18.7 Å². The maximum absolute atomic E-state index is 12.7. The van der Waals surface area contributed by atoms with Gasteiger partial charge in [-0.25, -0.2) is 18.7 Å². The highest BCUT2D eigenvalue weighted by Crippen LogP contribution is 2.21. The number of aliphatic hydroxyl groups is 1. The van der Waals surface area contributed by atoms with Crippen LogP contribution in [0.2, 0.25) is 0 Å². The Bertz CT molecular complexity index is 1250. The zero-order valence-electron chi connectivity index (χ0n) is 18.6. The second-order valence-electron chi connectivity index (χ2n) is 6.48. The van der Waals surface area contributed by atoms with Gasteiger partial charge in [0.05, 0.1) is 11.0 Å². The topological polar surface area (TPSA) is 93.5 Å². The third kappa shape index (κ3) is 9.65. The van der Waals surface area contributed by atoms with Gasteiger partial charge in [-0.15, -0.1) is 22.7 Å². The molecule has 0 fully saturated rings. The number of hydrogen-bond acceptors (Lipinski definition) is 7. The average Bonchev–Trinajstić information content (AvgIpc) is 3.59. The van der Waals surface area contributed by atoms with Crippen LogP contribution < -0.4 is 5.73 Å². The lowest BCUT2D eigenvalue weighted by molar-refractivity contribution is 0.102. The number of nitrogen functional groups attached to an aromatic ring is 1. The quantitative estimate of drug-likeness (QED) is 0.192. The standard InChI is InChI=1S/C11H7FN2S.C8H6BrFO.C3H4N2S.C2H6O/c12-9-3-1-8(2-4-9)10-7-14-5-6-15-11(14)13-10;9-5-8(11)6-1-3-7(10)4-2-6;4-3-5-1-2-6-3;1-2-3/h1-7H;1-4H,5H2;1-2H,(H2,4,5);3H,2H2,1H3. The monoisotopic (exact) mass is 580 g/mol. The van der Waals surface area contributed by atoms with Gasteiger partial charge in [0.25, 0.3) is 0 Å². The highest BCUT2D eigenvalue weighted by Gasteiger charge is 2.04. The molecule has 3 N–H and O–H groups in total. The van der Waals surface area contributed by atoms with Crippen LogP contribution in [0.5, 0.6) is 0 Å². The zero-order valence-corrected chi connectivity index (χ0v) is 21.9. The number of ketones is 1. The first-order chi connectivity index (χ1) is 16.9. The number of alkyl halides is 1. The molecule has 0 saturated heterocycles. The minimum atomic E-state index is -0.323. The van der Waals surface area contributed by atoms with E-state index in [-0.39, 0.29) is 29.4 Å². The van der Waals surface area contributed by atoms with Gasteiger partial charge in [0.1, 0.15) is 11.6 Å². The molecule has 11 heteroatoms. The SMILES string of the molecule is CCO.Fc1ccc(-c2cn3ccsc3n2)cc1.Nc1nccs1.O=C(CBr)c1ccc(F)cc1. The van der Waals surface area contributed by atoms with E-state index in [9.17, 15) is 13.6 Å². The predicted molar refractivity (Wildman–Crippen MR) is 142 cm³/mol. The molecule has 2 aromatic carbocycles. The Morgan fingerprint density at radius 3 is 2.11 bits per heavy atom. The van der Waals surface area contributed by atoms with Gasteiger partial charge in [-0.05, 0) is 55.5 Å². The molecule has 0 spiro atoms. The number of halogens is 3. The van der Waals surface area contributed by atoms with Crippen molar-refractivity contribution in [1.82, 2.24) is 14.4 Å². The number of carbonyl (C=O) groups is 1. The van der Waals surface area contributed by atoms with Gasteiger partial charge in [0, 0.05) is 47.1 Å². The molecule has 0 radical (unpaired) electrons. The van der Waals surface area contributed by atoms with Gasteiger partial charge in [0.15, 0.2) is 15.9 Å². The summed E-state index contributed by atoms with van der Waals surface area (Å²) in [6.07, 6.45) is 5.58. The van der Waals surface area contributed by atoms with Gasteiger partial charge in [0.2, 0.25) is 0 Å². The minimum absolute atomic E-state index is 0.0370. The van der Waals surface area contributed by atoms with E-state index in [0.717, 1.165) is 16.2 Å². The molecule has 6 nitrogen and oxygen atoms in total. The van der Waals surface area contributed by atoms with Gasteiger partial charge >= 0.3 is 0 Å². The van der Waals surface area contributed by atoms with E-state index >= 15 is 0 Å². The zero-order chi connectivity index (χ0) is 25.6. The molecule has 3 heterocycles. The number of benzene rings is 2. The Morgan fingerprint density at radius 1 is 1.06 bits per heavy atom. The summed E-state index contributed by atoms with van der Waals surface area (Å²) >= 11 is 6.05. The molecule has 0 unspecified atom stereocenters. The highest BCUT2D eigenvalue weighted by molar-refractivity contribution is 9.09. The summed E-state index contributed by atoms with van der Waals surface area (Å²) in [6.45, 7) is 1.93. The molecule has 0 atom stereocenters. The van der Waals surface area contributed by atoms with Crippen molar-refractivity contribution in [3.8, 4) is 11.3 Å². The van der Waals surface area contributed by atoms with Crippen molar-refractivity contribution in [2.75, 3.05) is 17.7 Å². The molecule has 0 aliphatic rings. The van der Waals surface area contributed by atoms with Crippen LogP contribution in [0.25, 0.3) is 16.2 Å². The molecule has 184 valence electrons. The van der Waals surface area contributed by atoms with Crippen molar-refractivity contribution >= 4 is 54.5 Å². The van der Waals surface area contributed by atoms with Crippen molar-refractivity contribution in [3.05, 3.63) is 95.1 Å². The van der Waals surface area contributed by atoms with Gasteiger partial charge in [-0.3, -0.25) is 9.20 Å². The van der Waals surface area contributed by atoms with E-state index in [1.165, 1.54) is 47.7 Å². The Hall–Kier alpha value is -2.99. The fourth-order valence-corrected chi connectivity index (χ4v) is 3.84. The summed E-state index contributed by atoms with van der Waals surface area (Å²) in [5.74, 6) is -0.583. The molecule has 5 rings (SSSR count). The Balaban J connectivity index is 0.000000189. The third-order valence-electron chi connectivity index (χ3n) is 3.97. The number of hydrogen-bond donors (Lipinski definition) is 2. The number of aromatic nitrogens is 3. The van der Waals surface area contributed by atoms with Crippen LogP contribution in [-0.4, -0.2) is 37.2 Å². The summed E-state index contributed by atoms with van der Waals surface area (Å²) in [5, 5.41) is 12.3. The number of imidazole rings is 1. The first-order valence-corrected chi connectivity index (χ1v) is 13.0. The van der Waals surface area contributed by atoms with Crippen molar-refractivity contribution in [3.63, 3.8) is 0 Å². The van der Waals surface area contributed by atoms with Crippen LogP contribution in [-0.2, 0) is 0 Å². The van der Waals surface area contributed by atoms with E-state index in [4.69, 9.17) is 10.8 Å². The normalized spacial score (nSPS) is 9.74. The maximum atomic E-state index is 12.7. The largest absolute Gasteiger partial charge is 0.397 e. The van der Waals surface area contributed by atoms with Crippen LogP contribution in [0.4, 0.5) is 13.9 Å². The molecular formula is C24H23BrF2N4O2S2. The molecule has 5 aromatic rings. The lowest BCUT2D eigenvalue weighted by Crippen LogP contribution is -1.98. The van der Waals surface area contributed by atoms with E-state index in [1.54, 1.807) is 36.6 Å². The Morgan fingerprint density at radius 2 is 1.66 bits per heavy atom. The van der Waals surface area contributed by atoms with Crippen LogP contribution >= 0.6 is 38.6 Å². The van der Waals surface area contributed by atoms with Crippen LogP contribution in [0.3, 0.4) is 0 Å². The minimum Gasteiger partial charge on any atom is -0.397 e. The van der Waals surface area contributed by atoms with Crippen molar-refractivity contribution in [1.29, 1.82) is 0 Å². The second-order valence-corrected chi connectivity index (χ2v) is 8.84. The summed E-state index contributed by atoms with van der Waals surface area (Å²) in [6, 6.07) is 11.9. The number of fused-ring (bicyclic) bond motifs is 1. The predicted octanol–water partition coefficient (Wildman–Crippen LogP) is 6.33. The van der Waals surface area contributed by atoms with Crippen LogP contribution in [0.1, 0.15) is 17.3 Å². The number of anilines is 1. The number of nitrogens with two attached hydrogens (primary N) is 1. The number of nitrogens with zero attached hydrogens (tertiary/aromatic N) is 3. The molecule has 35 heavy (non-hydrogen) atoms. The van der Waals surface area contributed by atoms with E-state index in [2.05, 4.69) is 25.9 Å². The molecule has 0 saturated carbocycles. The number of aliphatic hydroxyl groups excluding tert-OH is 1. The Labute approximate surface area is 217 Å². The van der Waals surface area contributed by atoms with E-state index < -0.39 is 0 Å². The number of rotatable bonds is 3. The summed E-state index contributed by atoms with van der Waals surface area (Å²) in [4.78, 5) is 20.1. The fourth-order valence-electron chi connectivity index (χ4n) is 2.43. The van der Waals surface area contributed by atoms with E-state index in [1.807, 2.05) is 27.6 Å². The lowest BCUT2D eigenvalue weighted by Gasteiger charge is -1.94. The molecule has 0 bridgehead atoms. The first kappa shape index (κ1) is 28.2. The average molecular weight is 582 g/mol. The lowest BCUT2D eigenvalue weighted by atomic mass is 10.1.